The molecule has 0 aliphatic heterocycles. The summed E-state index contributed by atoms with van der Waals surface area (Å²) in [4.78, 5) is 15.0. The second kappa shape index (κ2) is 7.59. The second-order valence-electron chi connectivity index (χ2n) is 6.60. The molecular weight excluding hydrogens is 406 g/mol. The van der Waals surface area contributed by atoms with Crippen LogP contribution in [0.1, 0.15) is 17.2 Å². The maximum absolute atomic E-state index is 12.2. The van der Waals surface area contributed by atoms with Crippen molar-refractivity contribution in [2.45, 2.75) is 25.8 Å². The molecule has 0 amide bonds. The van der Waals surface area contributed by atoms with E-state index in [1.54, 1.807) is 41.9 Å². The van der Waals surface area contributed by atoms with Crippen LogP contribution in [0.3, 0.4) is 0 Å². The van der Waals surface area contributed by atoms with Crippen molar-refractivity contribution in [1.29, 1.82) is 0 Å². The fourth-order valence-corrected chi connectivity index (χ4v) is 3.82. The van der Waals surface area contributed by atoms with Crippen LogP contribution in [0, 0.1) is 20.8 Å². The number of sulfonamides is 1. The highest BCUT2D eigenvalue weighted by Crippen LogP contribution is 2.24. The maximum atomic E-state index is 12.2. The van der Waals surface area contributed by atoms with Crippen molar-refractivity contribution < 1.29 is 13.2 Å². The molecule has 0 aliphatic rings. The van der Waals surface area contributed by atoms with E-state index in [0.717, 1.165) is 11.4 Å². The van der Waals surface area contributed by atoms with Crippen molar-refractivity contribution in [3.8, 4) is 17.4 Å². The number of hydrogen-bond donors (Lipinski definition) is 2. The van der Waals surface area contributed by atoms with Crippen LogP contribution in [-0.2, 0) is 10.0 Å². The molecule has 0 fully saturated rings. The lowest BCUT2D eigenvalue weighted by atomic mass is 10.3. The van der Waals surface area contributed by atoms with Gasteiger partial charge in [-0.2, -0.15) is 18.5 Å². The molecule has 11 heteroatoms. The van der Waals surface area contributed by atoms with Gasteiger partial charge < -0.3 is 9.72 Å². The fraction of sp³-hybridized carbons (Fsp3) is 0.158. The zero-order chi connectivity index (χ0) is 21.3. The standard InChI is InChI=1S/C19H19N7O3S/c1-12-8-13(2)26(24-12)17-9-18(23-14(3)22-17)29-16-6-4-15(5-7-16)25-30(27,28)19-10-20-11-21-19/h4-11,25H,1-3H3,(H,20,21). The van der Waals surface area contributed by atoms with Gasteiger partial charge in [0.05, 0.1) is 18.2 Å². The highest BCUT2D eigenvalue weighted by Gasteiger charge is 2.15. The molecule has 154 valence electrons. The van der Waals surface area contributed by atoms with Crippen molar-refractivity contribution in [2.75, 3.05) is 4.72 Å². The first-order chi connectivity index (χ1) is 14.3. The molecule has 0 saturated carbocycles. The first-order valence-electron chi connectivity index (χ1n) is 8.98. The summed E-state index contributed by atoms with van der Waals surface area (Å²) in [5.74, 6) is 2.00. The van der Waals surface area contributed by atoms with Gasteiger partial charge in [0, 0.05) is 17.4 Å². The monoisotopic (exact) mass is 425 g/mol. The smallest absolute Gasteiger partial charge is 0.278 e. The van der Waals surface area contributed by atoms with Crippen molar-refractivity contribution >= 4 is 15.7 Å². The van der Waals surface area contributed by atoms with Crippen molar-refractivity contribution in [2.24, 2.45) is 0 Å². The third kappa shape index (κ3) is 4.15. The van der Waals surface area contributed by atoms with Crippen molar-refractivity contribution in [3.63, 3.8) is 0 Å². The summed E-state index contributed by atoms with van der Waals surface area (Å²) < 4.78 is 34.5. The number of hydrogen-bond acceptors (Lipinski definition) is 7. The molecule has 0 radical (unpaired) electrons. The molecule has 0 atom stereocenters. The minimum atomic E-state index is -3.72. The van der Waals surface area contributed by atoms with Crippen molar-refractivity contribution in [1.82, 2.24) is 29.7 Å². The summed E-state index contributed by atoms with van der Waals surface area (Å²) in [5.41, 5.74) is 2.23. The van der Waals surface area contributed by atoms with Gasteiger partial charge in [0.15, 0.2) is 10.8 Å². The minimum Gasteiger partial charge on any atom is -0.439 e. The van der Waals surface area contributed by atoms with Gasteiger partial charge in [-0.25, -0.2) is 14.6 Å². The number of aromatic amines is 1. The number of rotatable bonds is 6. The van der Waals surface area contributed by atoms with Gasteiger partial charge in [0.2, 0.25) is 5.88 Å². The molecule has 0 spiro atoms. The van der Waals surface area contributed by atoms with E-state index in [9.17, 15) is 8.42 Å². The van der Waals surface area contributed by atoms with Gasteiger partial charge in [-0.1, -0.05) is 0 Å². The highest BCUT2D eigenvalue weighted by atomic mass is 32.2. The first kappa shape index (κ1) is 19.6. The number of nitrogens with one attached hydrogen (secondary N) is 2. The Labute approximate surface area is 173 Å². The van der Waals surface area contributed by atoms with Gasteiger partial charge in [-0.3, -0.25) is 4.72 Å². The Morgan fingerprint density at radius 3 is 2.47 bits per heavy atom. The molecule has 30 heavy (non-hydrogen) atoms. The number of aryl methyl sites for hydroxylation is 3. The van der Waals surface area contributed by atoms with E-state index in [4.69, 9.17) is 4.74 Å². The SMILES string of the molecule is Cc1cc(C)n(-c2cc(Oc3ccc(NS(=O)(=O)c4cnc[nH]4)cc3)nc(C)n2)n1. The van der Waals surface area contributed by atoms with Crippen LogP contribution in [0.15, 0.2) is 53.9 Å². The largest absolute Gasteiger partial charge is 0.439 e. The van der Waals surface area contributed by atoms with E-state index >= 15 is 0 Å². The van der Waals surface area contributed by atoms with Gasteiger partial charge >= 0.3 is 0 Å². The minimum absolute atomic E-state index is 0.0176. The molecular formula is C19H19N7O3S. The number of ether oxygens (including phenoxy) is 1. The first-order valence-corrected chi connectivity index (χ1v) is 10.5. The molecule has 0 aliphatic carbocycles. The molecule has 10 nitrogen and oxygen atoms in total. The lowest BCUT2D eigenvalue weighted by molar-refractivity contribution is 0.459. The molecule has 4 aromatic rings. The Morgan fingerprint density at radius 1 is 1.07 bits per heavy atom. The number of imidazole rings is 1. The van der Waals surface area contributed by atoms with E-state index in [-0.39, 0.29) is 5.03 Å². The van der Waals surface area contributed by atoms with Gasteiger partial charge in [0.25, 0.3) is 10.0 Å². The van der Waals surface area contributed by atoms with Crippen LogP contribution in [0.25, 0.3) is 5.82 Å². The molecule has 3 heterocycles. The lowest BCUT2D eigenvalue weighted by Crippen LogP contribution is -2.13. The van der Waals surface area contributed by atoms with Crippen LogP contribution in [-0.4, -0.2) is 38.1 Å². The number of benzene rings is 1. The average molecular weight is 425 g/mol. The number of H-pyrrole nitrogens is 1. The van der Waals surface area contributed by atoms with Gasteiger partial charge in [-0.05, 0) is 51.1 Å². The number of anilines is 1. The normalized spacial score (nSPS) is 11.4. The summed E-state index contributed by atoms with van der Waals surface area (Å²) in [6, 6.07) is 10.1. The molecule has 1 aromatic carbocycles. The molecule has 0 unspecified atom stereocenters. The Hall–Kier alpha value is -3.73. The summed E-state index contributed by atoms with van der Waals surface area (Å²) >= 11 is 0. The number of nitrogens with zero attached hydrogens (tertiary/aromatic N) is 5. The maximum Gasteiger partial charge on any atom is 0.278 e. The lowest BCUT2D eigenvalue weighted by Gasteiger charge is -2.10. The van der Waals surface area contributed by atoms with Crippen LogP contribution >= 0.6 is 0 Å². The molecule has 0 bridgehead atoms. The third-order valence-corrected chi connectivity index (χ3v) is 5.43. The second-order valence-corrected chi connectivity index (χ2v) is 8.25. The Balaban J connectivity index is 1.53. The predicted octanol–water partition coefficient (Wildman–Crippen LogP) is 2.90. The average Bonchev–Trinajstić information content (AvgIpc) is 3.33. The topological polar surface area (TPSA) is 128 Å². The summed E-state index contributed by atoms with van der Waals surface area (Å²) in [5, 5.41) is 4.42. The predicted molar refractivity (Wildman–Crippen MR) is 109 cm³/mol. The quantitative estimate of drug-likeness (QED) is 0.486. The van der Waals surface area contributed by atoms with Crippen molar-refractivity contribution in [3.05, 3.63) is 66.1 Å². The molecule has 4 rings (SSSR count). The fourth-order valence-electron chi connectivity index (χ4n) is 2.86. The number of aromatic nitrogens is 6. The van der Waals surface area contributed by atoms with E-state index in [1.807, 2.05) is 19.9 Å². The van der Waals surface area contributed by atoms with Crippen LogP contribution in [0.4, 0.5) is 5.69 Å². The Kier molecular flexibility index (Phi) is 4.96. The molecule has 0 saturated heterocycles. The Morgan fingerprint density at radius 2 is 1.83 bits per heavy atom. The van der Waals surface area contributed by atoms with Gasteiger partial charge in [0.1, 0.15) is 11.6 Å². The van der Waals surface area contributed by atoms with E-state index in [2.05, 4.69) is 29.8 Å². The highest BCUT2D eigenvalue weighted by molar-refractivity contribution is 7.92. The molecule has 2 N–H and O–H groups in total. The third-order valence-electron chi connectivity index (χ3n) is 4.12. The van der Waals surface area contributed by atoms with Crippen LogP contribution < -0.4 is 9.46 Å². The van der Waals surface area contributed by atoms with Gasteiger partial charge in [-0.15, -0.1) is 0 Å². The van der Waals surface area contributed by atoms with E-state index < -0.39 is 10.0 Å². The van der Waals surface area contributed by atoms with Crippen LogP contribution in [0.2, 0.25) is 0 Å². The molecule has 3 aromatic heterocycles. The summed E-state index contributed by atoms with van der Waals surface area (Å²) in [6.07, 6.45) is 2.53. The Bertz CT molecular complexity index is 1280. The zero-order valence-corrected chi connectivity index (χ0v) is 17.3. The van der Waals surface area contributed by atoms with Crippen LogP contribution in [0.5, 0.6) is 11.6 Å². The zero-order valence-electron chi connectivity index (χ0n) is 16.5. The summed E-state index contributed by atoms with van der Waals surface area (Å²) in [6.45, 7) is 5.63. The van der Waals surface area contributed by atoms with E-state index in [1.165, 1.54) is 12.5 Å². The summed E-state index contributed by atoms with van der Waals surface area (Å²) in [7, 11) is -3.72. The van der Waals surface area contributed by atoms with E-state index in [0.29, 0.717) is 29.0 Å².